The lowest BCUT2D eigenvalue weighted by atomic mass is 10.3. The Bertz CT molecular complexity index is 497. The van der Waals surface area contributed by atoms with Crippen LogP contribution in [0.4, 0.5) is 5.82 Å². The zero-order valence-electron chi connectivity index (χ0n) is 11.9. The van der Waals surface area contributed by atoms with Crippen molar-refractivity contribution in [2.75, 3.05) is 24.7 Å². The predicted octanol–water partition coefficient (Wildman–Crippen LogP) is 2.05. The van der Waals surface area contributed by atoms with Crippen LogP contribution < -0.4 is 10.6 Å². The van der Waals surface area contributed by atoms with E-state index in [2.05, 4.69) is 15.6 Å². The Morgan fingerprint density at radius 3 is 2.80 bits per heavy atom. The van der Waals surface area contributed by atoms with Crippen molar-refractivity contribution in [3.63, 3.8) is 0 Å². The third kappa shape index (κ3) is 5.09. The van der Waals surface area contributed by atoms with Crippen molar-refractivity contribution in [1.29, 1.82) is 0 Å². The summed E-state index contributed by atoms with van der Waals surface area (Å²) in [5.41, 5.74) is 0.182. The summed E-state index contributed by atoms with van der Waals surface area (Å²) in [4.78, 5) is 16.2. The number of carbonyl (C=O) groups is 1. The molecule has 0 aliphatic heterocycles. The summed E-state index contributed by atoms with van der Waals surface area (Å²) in [6.07, 6.45) is 2.57. The van der Waals surface area contributed by atoms with Crippen LogP contribution in [0.1, 0.15) is 30.8 Å². The highest BCUT2D eigenvalue weighted by molar-refractivity contribution is 7.84. The molecule has 5 nitrogen and oxygen atoms in total. The van der Waals surface area contributed by atoms with Gasteiger partial charge in [-0.2, -0.15) is 0 Å². The van der Waals surface area contributed by atoms with Crippen LogP contribution in [-0.4, -0.2) is 39.7 Å². The number of hydrogen-bond donors (Lipinski definition) is 2. The van der Waals surface area contributed by atoms with E-state index in [9.17, 15) is 9.00 Å². The van der Waals surface area contributed by atoms with Crippen LogP contribution in [0.15, 0.2) is 12.1 Å². The Kier molecular flexibility index (Phi) is 6.95. The Morgan fingerprint density at radius 2 is 2.20 bits per heavy atom. The number of aromatic nitrogens is 1. The van der Waals surface area contributed by atoms with E-state index in [1.165, 1.54) is 0 Å². The van der Waals surface area contributed by atoms with E-state index in [0.29, 0.717) is 17.4 Å². The van der Waals surface area contributed by atoms with Gasteiger partial charge in [-0.15, -0.1) is 0 Å². The molecule has 7 heteroatoms. The van der Waals surface area contributed by atoms with Crippen LogP contribution >= 0.6 is 11.6 Å². The molecule has 1 heterocycles. The number of pyridine rings is 1. The smallest absolute Gasteiger partial charge is 0.271 e. The number of halogens is 1. The van der Waals surface area contributed by atoms with Crippen LogP contribution in [0.2, 0.25) is 5.02 Å². The number of rotatable bonds is 7. The average Bonchev–Trinajstić information content (AvgIpc) is 2.43. The molecule has 20 heavy (non-hydrogen) atoms. The summed E-state index contributed by atoms with van der Waals surface area (Å²) in [7, 11) is -0.978. The van der Waals surface area contributed by atoms with E-state index in [1.54, 1.807) is 18.4 Å². The average molecular weight is 318 g/mol. The molecule has 0 bridgehead atoms. The standard InChI is InChI=1S/C13H20ClN3O2S/c1-4-7-15-11-6-5-10(14)12(17-11)13(18)16-8-9(2)20(3)19/h5-6,9H,4,7-8H2,1-3H3,(H,15,17)(H,16,18). The van der Waals surface area contributed by atoms with Gasteiger partial charge in [-0.1, -0.05) is 18.5 Å². The number of anilines is 1. The van der Waals surface area contributed by atoms with Gasteiger partial charge in [0.2, 0.25) is 0 Å². The van der Waals surface area contributed by atoms with Crippen molar-refractivity contribution < 1.29 is 9.00 Å². The normalized spacial score (nSPS) is 13.6. The molecule has 1 amide bonds. The van der Waals surface area contributed by atoms with Crippen molar-refractivity contribution in [1.82, 2.24) is 10.3 Å². The second-order valence-corrected chi connectivity index (χ2v) is 6.68. The SMILES string of the molecule is CCCNc1ccc(Cl)c(C(=O)NCC(C)S(C)=O)n1. The molecule has 0 radical (unpaired) electrons. The van der Waals surface area contributed by atoms with Crippen molar-refractivity contribution in [3.8, 4) is 0 Å². The summed E-state index contributed by atoms with van der Waals surface area (Å²) in [5.74, 6) is 0.265. The molecular formula is C13H20ClN3O2S. The van der Waals surface area contributed by atoms with Gasteiger partial charge in [0, 0.05) is 35.4 Å². The lowest BCUT2D eigenvalue weighted by molar-refractivity contribution is 0.0949. The van der Waals surface area contributed by atoms with Gasteiger partial charge < -0.3 is 10.6 Å². The van der Waals surface area contributed by atoms with Crippen molar-refractivity contribution in [2.45, 2.75) is 25.5 Å². The summed E-state index contributed by atoms with van der Waals surface area (Å²) in [6, 6.07) is 3.38. The highest BCUT2D eigenvalue weighted by Gasteiger charge is 2.15. The summed E-state index contributed by atoms with van der Waals surface area (Å²) < 4.78 is 11.2. The van der Waals surface area contributed by atoms with Crippen LogP contribution in [0.5, 0.6) is 0 Å². The molecule has 0 aliphatic carbocycles. The van der Waals surface area contributed by atoms with Gasteiger partial charge in [-0.3, -0.25) is 9.00 Å². The first kappa shape index (κ1) is 16.9. The minimum atomic E-state index is -0.978. The summed E-state index contributed by atoms with van der Waals surface area (Å²) >= 11 is 5.99. The fourth-order valence-electron chi connectivity index (χ4n) is 1.39. The van der Waals surface area contributed by atoms with Crippen molar-refractivity contribution >= 4 is 34.1 Å². The molecule has 1 aromatic heterocycles. The molecule has 0 aliphatic rings. The first-order valence-corrected chi connectivity index (χ1v) is 8.46. The van der Waals surface area contributed by atoms with Gasteiger partial charge in [-0.25, -0.2) is 4.98 Å². The second kappa shape index (κ2) is 8.21. The van der Waals surface area contributed by atoms with Gasteiger partial charge in [0.1, 0.15) is 11.5 Å². The quantitative estimate of drug-likeness (QED) is 0.807. The number of hydrogen-bond acceptors (Lipinski definition) is 4. The topological polar surface area (TPSA) is 71.1 Å². The molecule has 0 aromatic carbocycles. The van der Waals surface area contributed by atoms with Gasteiger partial charge in [-0.05, 0) is 25.5 Å². The van der Waals surface area contributed by atoms with Gasteiger partial charge >= 0.3 is 0 Å². The van der Waals surface area contributed by atoms with Crippen molar-refractivity contribution in [3.05, 3.63) is 22.8 Å². The molecule has 112 valence electrons. The van der Waals surface area contributed by atoms with E-state index in [-0.39, 0.29) is 16.9 Å². The molecule has 2 atom stereocenters. The Morgan fingerprint density at radius 1 is 1.50 bits per heavy atom. The molecule has 2 unspecified atom stereocenters. The lowest BCUT2D eigenvalue weighted by Crippen LogP contribution is -2.33. The molecule has 2 N–H and O–H groups in total. The monoisotopic (exact) mass is 317 g/mol. The maximum absolute atomic E-state index is 12.0. The fourth-order valence-corrected chi connectivity index (χ4v) is 1.90. The minimum Gasteiger partial charge on any atom is -0.370 e. The zero-order chi connectivity index (χ0) is 15.1. The number of nitrogens with one attached hydrogen (secondary N) is 2. The molecule has 0 fully saturated rings. The Balaban J connectivity index is 2.73. The van der Waals surface area contributed by atoms with Gasteiger partial charge in [0.25, 0.3) is 5.91 Å². The number of nitrogens with zero attached hydrogens (tertiary/aromatic N) is 1. The molecule has 0 spiro atoms. The predicted molar refractivity (Wildman–Crippen MR) is 83.9 cm³/mol. The van der Waals surface area contributed by atoms with Crippen molar-refractivity contribution in [2.24, 2.45) is 0 Å². The van der Waals surface area contributed by atoms with Crippen LogP contribution in [0.3, 0.4) is 0 Å². The van der Waals surface area contributed by atoms with Crippen LogP contribution in [0.25, 0.3) is 0 Å². The van der Waals surface area contributed by atoms with E-state index < -0.39 is 10.8 Å². The van der Waals surface area contributed by atoms with E-state index in [4.69, 9.17) is 11.6 Å². The summed E-state index contributed by atoms with van der Waals surface area (Å²) in [5, 5.41) is 5.99. The van der Waals surface area contributed by atoms with Gasteiger partial charge in [0.15, 0.2) is 0 Å². The van der Waals surface area contributed by atoms with Crippen LogP contribution in [-0.2, 0) is 10.8 Å². The molecular weight excluding hydrogens is 298 g/mol. The largest absolute Gasteiger partial charge is 0.370 e. The van der Waals surface area contributed by atoms with Crippen LogP contribution in [0, 0.1) is 0 Å². The number of carbonyl (C=O) groups excluding carboxylic acids is 1. The van der Waals surface area contributed by atoms with E-state index in [1.807, 2.05) is 13.8 Å². The lowest BCUT2D eigenvalue weighted by Gasteiger charge is -2.11. The maximum Gasteiger partial charge on any atom is 0.271 e. The molecule has 0 saturated carbocycles. The third-order valence-electron chi connectivity index (χ3n) is 2.73. The fraction of sp³-hybridized carbons (Fsp3) is 0.538. The first-order chi connectivity index (χ1) is 9.45. The maximum atomic E-state index is 12.0. The zero-order valence-corrected chi connectivity index (χ0v) is 13.5. The van der Waals surface area contributed by atoms with Gasteiger partial charge in [0.05, 0.1) is 5.02 Å². The highest BCUT2D eigenvalue weighted by atomic mass is 35.5. The Labute approximate surface area is 127 Å². The van der Waals surface area contributed by atoms with E-state index >= 15 is 0 Å². The molecule has 1 aromatic rings. The van der Waals surface area contributed by atoms with E-state index in [0.717, 1.165) is 13.0 Å². The Hall–Kier alpha value is -1.14. The molecule has 1 rings (SSSR count). The summed E-state index contributed by atoms with van der Waals surface area (Å²) in [6.45, 7) is 4.96. The number of amides is 1. The first-order valence-electron chi connectivity index (χ1n) is 6.46. The third-order valence-corrected chi connectivity index (χ3v) is 4.34. The minimum absolute atomic E-state index is 0.112. The molecule has 0 saturated heterocycles. The second-order valence-electron chi connectivity index (χ2n) is 4.47. The highest BCUT2D eigenvalue weighted by Crippen LogP contribution is 2.16.